The van der Waals surface area contributed by atoms with E-state index in [1.807, 2.05) is 0 Å². The summed E-state index contributed by atoms with van der Waals surface area (Å²) in [5.74, 6) is 0.139. The lowest BCUT2D eigenvalue weighted by Crippen LogP contribution is -2.54. The molecular weight excluding hydrogens is 143 g/mol. The van der Waals surface area contributed by atoms with E-state index in [4.69, 9.17) is 0 Å². The third-order valence-corrected chi connectivity index (χ3v) is 2.79. The van der Waals surface area contributed by atoms with Crippen molar-refractivity contribution < 1.29 is 9.50 Å². The van der Waals surface area contributed by atoms with E-state index in [0.717, 1.165) is 6.42 Å². The second-order valence-electron chi connectivity index (χ2n) is 4.69. The molecule has 0 heterocycles. The summed E-state index contributed by atoms with van der Waals surface area (Å²) >= 11 is 0. The highest BCUT2D eigenvalue weighted by molar-refractivity contribution is 5.00. The fraction of sp³-hybridized carbons (Fsp3) is 1.00. The second kappa shape index (κ2) is 2.44. The Morgan fingerprint density at radius 3 is 2.18 bits per heavy atom. The quantitative estimate of drug-likeness (QED) is 0.623. The Kier molecular flexibility index (Phi) is 1.99. The smallest absolute Gasteiger partial charge is 0.118 e. The van der Waals surface area contributed by atoms with Crippen LogP contribution in [0, 0.1) is 11.3 Å². The van der Waals surface area contributed by atoms with Crippen LogP contribution in [0.5, 0.6) is 0 Å². The van der Waals surface area contributed by atoms with Gasteiger partial charge in [0.25, 0.3) is 0 Å². The third-order valence-electron chi connectivity index (χ3n) is 2.79. The van der Waals surface area contributed by atoms with Gasteiger partial charge in [0.05, 0.1) is 5.60 Å². The zero-order valence-electron chi connectivity index (χ0n) is 7.52. The molecule has 0 aromatic rings. The summed E-state index contributed by atoms with van der Waals surface area (Å²) in [5, 5.41) is 9.64. The molecule has 1 fully saturated rings. The van der Waals surface area contributed by atoms with Crippen LogP contribution in [0.25, 0.3) is 0 Å². The molecule has 0 aromatic heterocycles. The molecule has 0 saturated heterocycles. The molecule has 66 valence electrons. The SMILES string of the molecule is CC(C)(C)C1CCC1(O)CF. The minimum Gasteiger partial charge on any atom is -0.387 e. The maximum Gasteiger partial charge on any atom is 0.118 e. The molecule has 1 saturated carbocycles. The number of hydrogen-bond acceptors (Lipinski definition) is 1. The van der Waals surface area contributed by atoms with Gasteiger partial charge in [-0.3, -0.25) is 0 Å². The Balaban J connectivity index is 2.63. The van der Waals surface area contributed by atoms with Crippen molar-refractivity contribution >= 4 is 0 Å². The highest BCUT2D eigenvalue weighted by Gasteiger charge is 2.50. The molecule has 0 aromatic carbocycles. The second-order valence-corrected chi connectivity index (χ2v) is 4.69. The van der Waals surface area contributed by atoms with Crippen molar-refractivity contribution in [2.45, 2.75) is 39.2 Å². The van der Waals surface area contributed by atoms with E-state index in [9.17, 15) is 9.50 Å². The molecular formula is C9H17FO. The van der Waals surface area contributed by atoms with Gasteiger partial charge in [0.1, 0.15) is 6.67 Å². The van der Waals surface area contributed by atoms with Crippen molar-refractivity contribution in [3.05, 3.63) is 0 Å². The van der Waals surface area contributed by atoms with Crippen LogP contribution in [-0.2, 0) is 0 Å². The number of rotatable bonds is 1. The Morgan fingerprint density at radius 1 is 1.55 bits per heavy atom. The van der Waals surface area contributed by atoms with E-state index in [-0.39, 0.29) is 11.3 Å². The molecule has 1 aliphatic rings. The number of alkyl halides is 1. The summed E-state index contributed by atoms with van der Waals surface area (Å²) in [4.78, 5) is 0. The maximum absolute atomic E-state index is 12.4. The van der Waals surface area contributed by atoms with Gasteiger partial charge < -0.3 is 5.11 Å². The summed E-state index contributed by atoms with van der Waals surface area (Å²) in [5.41, 5.74) is -0.961. The summed E-state index contributed by atoms with van der Waals surface area (Å²) in [6.07, 6.45) is 1.59. The van der Waals surface area contributed by atoms with Crippen LogP contribution in [-0.4, -0.2) is 17.4 Å². The largest absolute Gasteiger partial charge is 0.387 e. The Hall–Kier alpha value is -0.110. The van der Waals surface area contributed by atoms with Crippen molar-refractivity contribution in [2.24, 2.45) is 11.3 Å². The van der Waals surface area contributed by atoms with Crippen LogP contribution in [0.1, 0.15) is 33.6 Å². The van der Waals surface area contributed by atoms with E-state index in [0.29, 0.717) is 6.42 Å². The highest BCUT2D eigenvalue weighted by Crippen LogP contribution is 2.48. The van der Waals surface area contributed by atoms with E-state index >= 15 is 0 Å². The third kappa shape index (κ3) is 1.41. The van der Waals surface area contributed by atoms with Gasteiger partial charge in [-0.25, -0.2) is 4.39 Å². The van der Waals surface area contributed by atoms with Gasteiger partial charge >= 0.3 is 0 Å². The van der Waals surface area contributed by atoms with Gasteiger partial charge in [-0.1, -0.05) is 20.8 Å². The number of halogens is 1. The van der Waals surface area contributed by atoms with E-state index in [1.54, 1.807) is 0 Å². The molecule has 1 nitrogen and oxygen atoms in total. The van der Waals surface area contributed by atoms with E-state index in [2.05, 4.69) is 20.8 Å². The van der Waals surface area contributed by atoms with Crippen LogP contribution in [0.2, 0.25) is 0 Å². The molecule has 2 heteroatoms. The van der Waals surface area contributed by atoms with Crippen LogP contribution in [0.3, 0.4) is 0 Å². The lowest BCUT2D eigenvalue weighted by molar-refractivity contribution is -0.147. The van der Waals surface area contributed by atoms with E-state index < -0.39 is 12.3 Å². The predicted octanol–water partition coefficient (Wildman–Crippen LogP) is 2.14. The topological polar surface area (TPSA) is 20.2 Å². The van der Waals surface area contributed by atoms with Gasteiger partial charge in [-0.05, 0) is 24.2 Å². The van der Waals surface area contributed by atoms with Crippen molar-refractivity contribution in [3.8, 4) is 0 Å². The van der Waals surface area contributed by atoms with Crippen LogP contribution >= 0.6 is 0 Å². The maximum atomic E-state index is 12.4. The van der Waals surface area contributed by atoms with Crippen LogP contribution < -0.4 is 0 Å². The predicted molar refractivity (Wildman–Crippen MR) is 43.1 cm³/mol. The molecule has 0 amide bonds. The molecule has 0 spiro atoms. The van der Waals surface area contributed by atoms with Crippen molar-refractivity contribution in [1.82, 2.24) is 0 Å². The van der Waals surface area contributed by atoms with Crippen LogP contribution in [0.15, 0.2) is 0 Å². The lowest BCUT2D eigenvalue weighted by Gasteiger charge is -2.50. The first-order valence-corrected chi connectivity index (χ1v) is 4.18. The standard InChI is InChI=1S/C9H17FO/c1-8(2,3)7-4-5-9(7,11)6-10/h7,11H,4-6H2,1-3H3. The highest BCUT2D eigenvalue weighted by atomic mass is 19.1. The number of hydrogen-bond donors (Lipinski definition) is 1. The summed E-state index contributed by atoms with van der Waals surface area (Å²) < 4.78 is 12.4. The van der Waals surface area contributed by atoms with Gasteiger partial charge in [0.2, 0.25) is 0 Å². The van der Waals surface area contributed by atoms with E-state index in [1.165, 1.54) is 0 Å². The van der Waals surface area contributed by atoms with Crippen LogP contribution in [0.4, 0.5) is 4.39 Å². The molecule has 1 N–H and O–H groups in total. The monoisotopic (exact) mass is 160 g/mol. The minimum absolute atomic E-state index is 0.0408. The van der Waals surface area contributed by atoms with Gasteiger partial charge in [0.15, 0.2) is 0 Å². The zero-order chi connectivity index (χ0) is 8.70. The van der Waals surface area contributed by atoms with Gasteiger partial charge in [-0.2, -0.15) is 0 Å². The molecule has 1 rings (SSSR count). The van der Waals surface area contributed by atoms with Crippen molar-refractivity contribution in [1.29, 1.82) is 0 Å². The van der Waals surface area contributed by atoms with Crippen molar-refractivity contribution in [2.75, 3.05) is 6.67 Å². The first-order chi connectivity index (χ1) is 4.90. The minimum atomic E-state index is -1.00. The van der Waals surface area contributed by atoms with Gasteiger partial charge in [-0.15, -0.1) is 0 Å². The molecule has 2 unspecified atom stereocenters. The molecule has 2 atom stereocenters. The molecule has 0 aliphatic heterocycles. The number of aliphatic hydroxyl groups is 1. The summed E-state index contributed by atoms with van der Waals surface area (Å²) in [6, 6.07) is 0. The first-order valence-electron chi connectivity index (χ1n) is 4.18. The average molecular weight is 160 g/mol. The van der Waals surface area contributed by atoms with Gasteiger partial charge in [0, 0.05) is 0 Å². The Bertz CT molecular complexity index is 146. The molecule has 11 heavy (non-hydrogen) atoms. The average Bonchev–Trinajstić information content (AvgIpc) is 1.80. The lowest BCUT2D eigenvalue weighted by atomic mass is 9.59. The summed E-state index contributed by atoms with van der Waals surface area (Å²) in [6.45, 7) is 5.57. The first kappa shape index (κ1) is 8.98. The zero-order valence-corrected chi connectivity index (χ0v) is 7.52. The fourth-order valence-electron chi connectivity index (χ4n) is 2.02. The summed E-state index contributed by atoms with van der Waals surface area (Å²) in [7, 11) is 0. The molecule has 0 bridgehead atoms. The molecule has 0 radical (unpaired) electrons. The molecule has 1 aliphatic carbocycles. The Labute approximate surface area is 67.6 Å². The normalized spacial score (nSPS) is 38.5. The fourth-order valence-corrected chi connectivity index (χ4v) is 2.02. The van der Waals surface area contributed by atoms with Crippen molar-refractivity contribution in [3.63, 3.8) is 0 Å². The Morgan fingerprint density at radius 2 is 2.09 bits per heavy atom.